The van der Waals surface area contributed by atoms with Gasteiger partial charge in [-0.2, -0.15) is 0 Å². The highest BCUT2D eigenvalue weighted by Crippen LogP contribution is 2.29. The lowest BCUT2D eigenvalue weighted by Gasteiger charge is -2.03. The van der Waals surface area contributed by atoms with Crippen LogP contribution in [0.15, 0.2) is 45.8 Å². The van der Waals surface area contributed by atoms with Gasteiger partial charge in [0.25, 0.3) is 0 Å². The Bertz CT molecular complexity index is 743. The van der Waals surface area contributed by atoms with Gasteiger partial charge in [-0.1, -0.05) is 12.1 Å². The lowest BCUT2D eigenvalue weighted by atomic mass is 10.2. The molecular formula is C16H15N3S2. The van der Waals surface area contributed by atoms with Crippen LogP contribution in [0.25, 0.3) is 10.6 Å². The van der Waals surface area contributed by atoms with Crippen molar-refractivity contribution in [3.05, 3.63) is 52.8 Å². The van der Waals surface area contributed by atoms with Crippen molar-refractivity contribution in [2.24, 2.45) is 0 Å². The van der Waals surface area contributed by atoms with Crippen LogP contribution in [0.2, 0.25) is 0 Å². The Morgan fingerprint density at radius 2 is 1.52 bits per heavy atom. The van der Waals surface area contributed by atoms with Crippen LogP contribution < -0.4 is 0 Å². The van der Waals surface area contributed by atoms with Gasteiger partial charge >= 0.3 is 0 Å². The first-order chi connectivity index (χ1) is 10.1. The molecule has 0 amide bonds. The number of nitrogens with zero attached hydrogens (tertiary/aromatic N) is 3. The summed E-state index contributed by atoms with van der Waals surface area (Å²) in [5.41, 5.74) is 4.22. The second-order valence-corrected chi connectivity index (χ2v) is 6.75. The van der Waals surface area contributed by atoms with Gasteiger partial charge in [-0.15, -0.1) is 11.3 Å². The summed E-state index contributed by atoms with van der Waals surface area (Å²) < 4.78 is 0. The quantitative estimate of drug-likeness (QED) is 0.658. The van der Waals surface area contributed by atoms with Crippen molar-refractivity contribution in [3.63, 3.8) is 0 Å². The highest BCUT2D eigenvalue weighted by molar-refractivity contribution is 7.99. The average molecular weight is 313 g/mol. The van der Waals surface area contributed by atoms with E-state index in [2.05, 4.69) is 44.6 Å². The van der Waals surface area contributed by atoms with E-state index < -0.39 is 0 Å². The van der Waals surface area contributed by atoms with E-state index in [9.17, 15) is 0 Å². The molecular weight excluding hydrogens is 298 g/mol. The number of hydrogen-bond acceptors (Lipinski definition) is 5. The maximum Gasteiger partial charge on any atom is 0.192 e. The van der Waals surface area contributed by atoms with Crippen molar-refractivity contribution in [1.29, 1.82) is 0 Å². The molecule has 0 saturated carbocycles. The topological polar surface area (TPSA) is 38.7 Å². The highest BCUT2D eigenvalue weighted by atomic mass is 32.2. The SMILES string of the molecule is Cc1cc(C)nc(Sc2ccc(-c3nc(C)cs3)cc2)n1. The number of aryl methyl sites for hydroxylation is 3. The van der Waals surface area contributed by atoms with E-state index in [1.807, 2.05) is 26.8 Å². The molecule has 0 bridgehead atoms. The molecule has 2 heterocycles. The zero-order valence-electron chi connectivity index (χ0n) is 12.1. The Hall–Kier alpha value is -1.72. The molecule has 0 unspecified atom stereocenters. The van der Waals surface area contributed by atoms with Gasteiger partial charge in [-0.3, -0.25) is 0 Å². The molecule has 0 atom stereocenters. The van der Waals surface area contributed by atoms with Crippen molar-refractivity contribution >= 4 is 23.1 Å². The predicted molar refractivity (Wildman–Crippen MR) is 87.9 cm³/mol. The third-order valence-corrected chi connectivity index (χ3v) is 4.77. The predicted octanol–water partition coefficient (Wildman–Crippen LogP) is 4.68. The lowest BCUT2D eigenvalue weighted by molar-refractivity contribution is 0.902. The van der Waals surface area contributed by atoms with E-state index >= 15 is 0 Å². The first-order valence-electron chi connectivity index (χ1n) is 6.63. The largest absolute Gasteiger partial charge is 0.241 e. The summed E-state index contributed by atoms with van der Waals surface area (Å²) in [5, 5.41) is 3.93. The van der Waals surface area contributed by atoms with Crippen molar-refractivity contribution in [1.82, 2.24) is 15.0 Å². The molecule has 0 aliphatic rings. The first kappa shape index (κ1) is 14.2. The van der Waals surface area contributed by atoms with Gasteiger partial charge in [0.15, 0.2) is 5.16 Å². The molecule has 0 radical (unpaired) electrons. The third kappa shape index (κ3) is 3.49. The van der Waals surface area contributed by atoms with Gasteiger partial charge in [0, 0.05) is 32.9 Å². The molecule has 0 aliphatic heterocycles. The fourth-order valence-electron chi connectivity index (χ4n) is 2.00. The number of rotatable bonds is 3. The average Bonchev–Trinajstić information content (AvgIpc) is 2.85. The second-order valence-electron chi connectivity index (χ2n) is 4.85. The summed E-state index contributed by atoms with van der Waals surface area (Å²) in [5.74, 6) is 0. The summed E-state index contributed by atoms with van der Waals surface area (Å²) >= 11 is 3.26. The second kappa shape index (κ2) is 5.95. The molecule has 0 fully saturated rings. The Morgan fingerprint density at radius 3 is 2.10 bits per heavy atom. The molecule has 0 N–H and O–H groups in total. The first-order valence-corrected chi connectivity index (χ1v) is 8.32. The number of aromatic nitrogens is 3. The molecule has 1 aromatic carbocycles. The summed E-state index contributed by atoms with van der Waals surface area (Å²) in [6, 6.07) is 10.4. The Labute approximate surface area is 132 Å². The van der Waals surface area contributed by atoms with Crippen LogP contribution in [0.5, 0.6) is 0 Å². The fraction of sp³-hybridized carbons (Fsp3) is 0.188. The molecule has 0 aliphatic carbocycles. The fourth-order valence-corrected chi connectivity index (χ4v) is 3.66. The minimum Gasteiger partial charge on any atom is -0.241 e. The summed E-state index contributed by atoms with van der Waals surface area (Å²) in [4.78, 5) is 14.6. The van der Waals surface area contributed by atoms with Crippen molar-refractivity contribution < 1.29 is 0 Å². The van der Waals surface area contributed by atoms with Gasteiger partial charge in [0.1, 0.15) is 5.01 Å². The van der Waals surface area contributed by atoms with Crippen LogP contribution in [0.1, 0.15) is 17.1 Å². The van der Waals surface area contributed by atoms with E-state index in [0.29, 0.717) is 0 Å². The van der Waals surface area contributed by atoms with Crippen molar-refractivity contribution in [3.8, 4) is 10.6 Å². The van der Waals surface area contributed by atoms with Crippen molar-refractivity contribution in [2.75, 3.05) is 0 Å². The lowest BCUT2D eigenvalue weighted by Crippen LogP contribution is -1.92. The van der Waals surface area contributed by atoms with Crippen molar-refractivity contribution in [2.45, 2.75) is 30.8 Å². The molecule has 2 aromatic heterocycles. The van der Waals surface area contributed by atoms with E-state index in [-0.39, 0.29) is 0 Å². The van der Waals surface area contributed by atoms with E-state index in [0.717, 1.165) is 37.7 Å². The van der Waals surface area contributed by atoms with Gasteiger partial charge in [0.05, 0.1) is 0 Å². The van der Waals surface area contributed by atoms with E-state index in [1.54, 1.807) is 23.1 Å². The zero-order chi connectivity index (χ0) is 14.8. The molecule has 106 valence electrons. The van der Waals surface area contributed by atoms with E-state index in [1.165, 1.54) is 0 Å². The molecule has 21 heavy (non-hydrogen) atoms. The smallest absolute Gasteiger partial charge is 0.192 e. The number of thiazole rings is 1. The van der Waals surface area contributed by atoms with Gasteiger partial charge in [-0.25, -0.2) is 15.0 Å². The van der Waals surface area contributed by atoms with Crippen LogP contribution in [0.3, 0.4) is 0 Å². The molecule has 0 spiro atoms. The Balaban J connectivity index is 1.81. The number of hydrogen-bond donors (Lipinski definition) is 0. The molecule has 3 aromatic rings. The zero-order valence-corrected chi connectivity index (χ0v) is 13.8. The van der Waals surface area contributed by atoms with Crippen LogP contribution in [0, 0.1) is 20.8 Å². The standard InChI is InChI=1S/C16H15N3S2/c1-10-8-11(2)19-16(18-10)21-14-6-4-13(5-7-14)15-17-12(3)9-20-15/h4-9H,1-3H3. The molecule has 3 rings (SSSR count). The normalized spacial score (nSPS) is 10.8. The van der Waals surface area contributed by atoms with Crippen LogP contribution >= 0.6 is 23.1 Å². The number of benzene rings is 1. The molecule has 0 saturated heterocycles. The highest BCUT2D eigenvalue weighted by Gasteiger charge is 2.05. The maximum atomic E-state index is 4.50. The summed E-state index contributed by atoms with van der Waals surface area (Å²) in [6.45, 7) is 6.00. The molecule has 5 heteroatoms. The third-order valence-electron chi connectivity index (χ3n) is 2.89. The maximum absolute atomic E-state index is 4.50. The summed E-state index contributed by atoms with van der Waals surface area (Å²) in [7, 11) is 0. The Morgan fingerprint density at radius 1 is 0.857 bits per heavy atom. The van der Waals surface area contributed by atoms with Gasteiger partial charge in [0.2, 0.25) is 0 Å². The minimum absolute atomic E-state index is 0.797. The van der Waals surface area contributed by atoms with Crippen LogP contribution in [0.4, 0.5) is 0 Å². The Kier molecular flexibility index (Phi) is 4.03. The monoisotopic (exact) mass is 313 g/mol. The summed E-state index contributed by atoms with van der Waals surface area (Å²) in [6.07, 6.45) is 0. The van der Waals surface area contributed by atoms with Gasteiger partial charge < -0.3 is 0 Å². The van der Waals surface area contributed by atoms with Crippen LogP contribution in [-0.2, 0) is 0 Å². The minimum atomic E-state index is 0.797. The van der Waals surface area contributed by atoms with E-state index in [4.69, 9.17) is 0 Å². The molecule has 3 nitrogen and oxygen atoms in total. The van der Waals surface area contributed by atoms with Crippen LogP contribution in [-0.4, -0.2) is 15.0 Å². The van der Waals surface area contributed by atoms with Gasteiger partial charge in [-0.05, 0) is 50.7 Å².